The van der Waals surface area contributed by atoms with Crippen molar-refractivity contribution in [3.05, 3.63) is 70.4 Å². The van der Waals surface area contributed by atoms with Gasteiger partial charge in [0.2, 0.25) is 11.8 Å². The molecule has 180 valence electrons. The first-order valence-electron chi connectivity index (χ1n) is 12.5. The number of hydrogen-bond acceptors (Lipinski definition) is 4. The van der Waals surface area contributed by atoms with Crippen molar-refractivity contribution in [1.82, 2.24) is 20.1 Å². The molecule has 3 aliphatic heterocycles. The second-order valence-corrected chi connectivity index (χ2v) is 10.2. The van der Waals surface area contributed by atoms with Gasteiger partial charge in [-0.1, -0.05) is 24.3 Å². The fraction of sp³-hybridized carbons (Fsp3) is 0.393. The summed E-state index contributed by atoms with van der Waals surface area (Å²) >= 11 is 0. The summed E-state index contributed by atoms with van der Waals surface area (Å²) in [5.41, 5.74) is 6.78. The molecule has 3 aliphatic rings. The van der Waals surface area contributed by atoms with Gasteiger partial charge in [-0.2, -0.15) is 0 Å². The van der Waals surface area contributed by atoms with Gasteiger partial charge in [-0.15, -0.1) is 0 Å². The topological polar surface area (TPSA) is 85.5 Å². The number of H-pyrrole nitrogens is 1. The van der Waals surface area contributed by atoms with E-state index in [2.05, 4.69) is 58.7 Å². The maximum Gasteiger partial charge on any atom is 0.255 e. The number of aromatic amines is 1. The molecule has 0 spiro atoms. The Balaban J connectivity index is 1.11. The number of piperidine rings is 2. The summed E-state index contributed by atoms with van der Waals surface area (Å²) in [5, 5.41) is 3.68. The molecule has 2 fully saturated rings. The van der Waals surface area contributed by atoms with Crippen LogP contribution in [-0.2, 0) is 22.7 Å². The van der Waals surface area contributed by atoms with Gasteiger partial charge in [-0.25, -0.2) is 0 Å². The van der Waals surface area contributed by atoms with Crippen molar-refractivity contribution in [2.75, 3.05) is 13.1 Å². The van der Waals surface area contributed by atoms with Crippen LogP contribution < -0.4 is 5.32 Å². The quantitative estimate of drug-likeness (QED) is 0.571. The van der Waals surface area contributed by atoms with E-state index in [1.807, 2.05) is 6.07 Å². The third kappa shape index (κ3) is 4.04. The first-order valence-corrected chi connectivity index (χ1v) is 12.5. The average molecular weight is 471 g/mol. The van der Waals surface area contributed by atoms with Crippen LogP contribution in [0.25, 0.3) is 10.9 Å². The summed E-state index contributed by atoms with van der Waals surface area (Å²) < 4.78 is 0. The summed E-state index contributed by atoms with van der Waals surface area (Å²) in [4.78, 5) is 44.3. The molecular formula is C28H30N4O3. The highest BCUT2D eigenvalue weighted by molar-refractivity contribution is 6.05. The van der Waals surface area contributed by atoms with Crippen molar-refractivity contribution in [2.24, 2.45) is 0 Å². The summed E-state index contributed by atoms with van der Waals surface area (Å²) in [6.45, 7) is 5.60. The largest absolute Gasteiger partial charge is 0.361 e. The number of likely N-dealkylation sites (tertiary alicyclic amines) is 1. The zero-order valence-electron chi connectivity index (χ0n) is 20.0. The first-order chi connectivity index (χ1) is 17.0. The lowest BCUT2D eigenvalue weighted by atomic mass is 9.87. The van der Waals surface area contributed by atoms with Gasteiger partial charge in [0.05, 0.1) is 0 Å². The molecule has 2 saturated heterocycles. The van der Waals surface area contributed by atoms with Gasteiger partial charge in [-0.05, 0) is 79.6 Å². The lowest BCUT2D eigenvalue weighted by Crippen LogP contribution is -2.52. The van der Waals surface area contributed by atoms with E-state index >= 15 is 0 Å². The van der Waals surface area contributed by atoms with Crippen LogP contribution in [0.15, 0.2) is 42.6 Å². The predicted molar refractivity (Wildman–Crippen MR) is 133 cm³/mol. The Bertz CT molecular complexity index is 1340. The molecule has 2 aromatic carbocycles. The highest BCUT2D eigenvalue weighted by atomic mass is 16.2. The Kier molecular flexibility index (Phi) is 5.44. The van der Waals surface area contributed by atoms with Crippen LogP contribution in [0.3, 0.4) is 0 Å². The maximum absolute atomic E-state index is 13.0. The molecule has 0 saturated carbocycles. The summed E-state index contributed by atoms with van der Waals surface area (Å²) in [6.07, 6.45) is 4.99. The van der Waals surface area contributed by atoms with E-state index in [4.69, 9.17) is 0 Å². The molecule has 3 amide bonds. The van der Waals surface area contributed by atoms with Crippen molar-refractivity contribution in [3.8, 4) is 0 Å². The molecule has 1 aromatic heterocycles. The number of imide groups is 1. The van der Waals surface area contributed by atoms with Crippen LogP contribution >= 0.6 is 0 Å². The second kappa shape index (κ2) is 8.64. The third-order valence-corrected chi connectivity index (χ3v) is 7.92. The van der Waals surface area contributed by atoms with E-state index < -0.39 is 6.04 Å². The van der Waals surface area contributed by atoms with Gasteiger partial charge in [0.1, 0.15) is 6.04 Å². The molecule has 7 heteroatoms. The molecule has 0 bridgehead atoms. The van der Waals surface area contributed by atoms with Gasteiger partial charge < -0.3 is 9.88 Å². The van der Waals surface area contributed by atoms with E-state index in [1.54, 1.807) is 4.90 Å². The minimum absolute atomic E-state index is 0.107. The van der Waals surface area contributed by atoms with Crippen LogP contribution in [0.2, 0.25) is 0 Å². The van der Waals surface area contributed by atoms with E-state index in [9.17, 15) is 14.4 Å². The van der Waals surface area contributed by atoms with Crippen molar-refractivity contribution in [1.29, 1.82) is 0 Å². The maximum atomic E-state index is 13.0. The fourth-order valence-corrected chi connectivity index (χ4v) is 5.94. The van der Waals surface area contributed by atoms with Crippen molar-refractivity contribution in [2.45, 2.75) is 57.7 Å². The van der Waals surface area contributed by atoms with Gasteiger partial charge in [0.15, 0.2) is 0 Å². The number of nitrogens with one attached hydrogen (secondary N) is 2. The molecular weight excluding hydrogens is 440 g/mol. The Labute approximate surface area is 204 Å². The van der Waals surface area contributed by atoms with Gasteiger partial charge in [0, 0.05) is 42.2 Å². The molecule has 3 aromatic rings. The van der Waals surface area contributed by atoms with Crippen LogP contribution in [0.4, 0.5) is 0 Å². The molecule has 7 nitrogen and oxygen atoms in total. The number of rotatable bonds is 4. The Morgan fingerprint density at radius 3 is 2.63 bits per heavy atom. The summed E-state index contributed by atoms with van der Waals surface area (Å²) in [5.74, 6) is -0.254. The van der Waals surface area contributed by atoms with Crippen LogP contribution in [-0.4, -0.2) is 51.6 Å². The second-order valence-electron chi connectivity index (χ2n) is 10.2. The Hall–Kier alpha value is -3.45. The molecule has 1 unspecified atom stereocenters. The van der Waals surface area contributed by atoms with Crippen LogP contribution in [0.1, 0.15) is 64.2 Å². The highest BCUT2D eigenvalue weighted by Gasteiger charge is 2.39. The number of benzene rings is 2. The molecule has 4 heterocycles. The van der Waals surface area contributed by atoms with E-state index in [0.29, 0.717) is 24.4 Å². The van der Waals surface area contributed by atoms with Crippen molar-refractivity contribution in [3.63, 3.8) is 0 Å². The molecule has 0 radical (unpaired) electrons. The first kappa shape index (κ1) is 22.0. The van der Waals surface area contributed by atoms with Crippen molar-refractivity contribution < 1.29 is 14.4 Å². The lowest BCUT2D eigenvalue weighted by Gasteiger charge is -2.32. The molecule has 2 N–H and O–H groups in total. The van der Waals surface area contributed by atoms with Crippen LogP contribution in [0, 0.1) is 6.92 Å². The number of carbonyl (C=O) groups excluding carboxylic acids is 3. The Morgan fingerprint density at radius 1 is 1.00 bits per heavy atom. The van der Waals surface area contributed by atoms with Crippen LogP contribution in [0.5, 0.6) is 0 Å². The number of amides is 3. The number of aromatic nitrogens is 1. The summed E-state index contributed by atoms with van der Waals surface area (Å²) in [6, 6.07) is 12.2. The fourth-order valence-electron chi connectivity index (χ4n) is 5.94. The lowest BCUT2D eigenvalue weighted by molar-refractivity contribution is -0.136. The molecule has 1 atom stereocenters. The number of fused-ring (bicyclic) bond motifs is 2. The minimum Gasteiger partial charge on any atom is -0.361 e. The highest BCUT2D eigenvalue weighted by Crippen LogP contribution is 2.34. The van der Waals surface area contributed by atoms with Gasteiger partial charge in [0.25, 0.3) is 5.91 Å². The molecule has 35 heavy (non-hydrogen) atoms. The molecule has 0 aliphatic carbocycles. The normalized spacial score (nSPS) is 21.6. The zero-order valence-corrected chi connectivity index (χ0v) is 20.0. The average Bonchev–Trinajstić information content (AvgIpc) is 3.39. The smallest absolute Gasteiger partial charge is 0.255 e. The summed E-state index contributed by atoms with van der Waals surface area (Å²) in [7, 11) is 0. The van der Waals surface area contributed by atoms with E-state index in [1.165, 1.54) is 27.6 Å². The Morgan fingerprint density at radius 2 is 1.83 bits per heavy atom. The zero-order chi connectivity index (χ0) is 24.1. The van der Waals surface area contributed by atoms with Gasteiger partial charge >= 0.3 is 0 Å². The van der Waals surface area contributed by atoms with E-state index in [0.717, 1.165) is 38.0 Å². The van der Waals surface area contributed by atoms with Gasteiger partial charge in [-0.3, -0.25) is 24.6 Å². The monoisotopic (exact) mass is 470 g/mol. The number of aryl methyl sites for hydroxylation is 1. The number of hydrogen-bond donors (Lipinski definition) is 2. The number of nitrogens with zero attached hydrogens (tertiary/aromatic N) is 2. The standard InChI is InChI=1S/C28H30N4O3/c1-17-2-4-22-21(14-29-24(22)12-17)15-31-10-8-18(9-11-31)19-3-5-23-20(13-19)16-32(28(23)35)25-6-7-26(33)30-27(25)34/h2-5,12-14,18,25,29H,6-11,15-16H2,1H3,(H,30,33,34). The van der Waals surface area contributed by atoms with E-state index in [-0.39, 0.29) is 24.1 Å². The number of carbonyl (C=O) groups is 3. The predicted octanol–water partition coefficient (Wildman–Crippen LogP) is 3.62. The van der Waals surface area contributed by atoms with Crippen molar-refractivity contribution >= 4 is 28.6 Å². The SMILES string of the molecule is Cc1ccc2c(CN3CCC(c4ccc5c(c4)CN(C4CCC(=O)NC4=O)C5=O)CC3)c[nH]c2c1. The third-order valence-electron chi connectivity index (χ3n) is 7.92. The molecule has 6 rings (SSSR count). The minimum atomic E-state index is -0.562.